The third kappa shape index (κ3) is 5.46. The molecule has 0 radical (unpaired) electrons. The summed E-state index contributed by atoms with van der Waals surface area (Å²) in [6, 6.07) is 21.1. The molecule has 186 valence electrons. The van der Waals surface area contributed by atoms with E-state index in [0.717, 1.165) is 10.5 Å². The molecule has 9 heteroatoms. The third-order valence-electron chi connectivity index (χ3n) is 5.58. The van der Waals surface area contributed by atoms with Crippen LogP contribution in [0.4, 0.5) is 5.69 Å². The highest BCUT2D eigenvalue weighted by atomic mass is 32.2. The maximum absolute atomic E-state index is 13.2. The van der Waals surface area contributed by atoms with Crippen molar-refractivity contribution in [3.63, 3.8) is 0 Å². The van der Waals surface area contributed by atoms with E-state index >= 15 is 0 Å². The van der Waals surface area contributed by atoms with Crippen LogP contribution in [0.25, 0.3) is 0 Å². The molecule has 0 aromatic heterocycles. The summed E-state index contributed by atoms with van der Waals surface area (Å²) in [6.07, 6.45) is 1.20. The van der Waals surface area contributed by atoms with Gasteiger partial charge in [-0.2, -0.15) is 0 Å². The van der Waals surface area contributed by atoms with Gasteiger partial charge in [-0.15, -0.1) is 11.8 Å². The molecule has 2 atom stereocenters. The second-order valence-corrected chi connectivity index (χ2v) is 8.92. The van der Waals surface area contributed by atoms with Gasteiger partial charge in [0.2, 0.25) is 12.0 Å². The lowest BCUT2D eigenvalue weighted by atomic mass is 9.92. The average Bonchev–Trinajstić information content (AvgIpc) is 2.88. The van der Waals surface area contributed by atoms with E-state index in [1.165, 1.54) is 11.9 Å². The topological polar surface area (TPSA) is 97.0 Å². The molecule has 0 aliphatic carbocycles. The molecule has 4 rings (SSSR count). The fourth-order valence-corrected chi connectivity index (χ4v) is 4.32. The van der Waals surface area contributed by atoms with Gasteiger partial charge in [0.15, 0.2) is 0 Å². The van der Waals surface area contributed by atoms with Crippen LogP contribution < -0.4 is 20.2 Å². The largest absolute Gasteiger partial charge is 0.493 e. The van der Waals surface area contributed by atoms with Gasteiger partial charge in [0.05, 0.1) is 12.2 Å². The van der Waals surface area contributed by atoms with Gasteiger partial charge in [0.25, 0.3) is 11.8 Å². The molecule has 0 spiro atoms. The minimum absolute atomic E-state index is 0.236. The number of benzene rings is 3. The summed E-state index contributed by atoms with van der Waals surface area (Å²) >= 11 is 1.62. The van der Waals surface area contributed by atoms with Crippen molar-refractivity contribution in [2.24, 2.45) is 0 Å². The van der Waals surface area contributed by atoms with Gasteiger partial charge in [-0.3, -0.25) is 19.8 Å². The molecule has 1 heterocycles. The van der Waals surface area contributed by atoms with Crippen molar-refractivity contribution < 1.29 is 23.9 Å². The molecule has 0 saturated carbocycles. The highest BCUT2D eigenvalue weighted by Gasteiger charge is 2.51. The van der Waals surface area contributed by atoms with E-state index in [1.807, 2.05) is 48.7 Å². The van der Waals surface area contributed by atoms with Gasteiger partial charge in [0, 0.05) is 23.6 Å². The average molecular weight is 506 g/mol. The Balaban J connectivity index is 1.59. The van der Waals surface area contributed by atoms with Crippen LogP contribution in [0.3, 0.4) is 0 Å². The molecule has 3 aromatic carbocycles. The molecule has 2 N–H and O–H groups in total. The van der Waals surface area contributed by atoms with Gasteiger partial charge < -0.3 is 14.8 Å². The number of nitrogens with zero attached hydrogens (tertiary/aromatic N) is 1. The lowest BCUT2D eigenvalue weighted by Gasteiger charge is -2.46. The lowest BCUT2D eigenvalue weighted by Crippen LogP contribution is -2.67. The van der Waals surface area contributed by atoms with Crippen molar-refractivity contribution in [1.29, 1.82) is 0 Å². The zero-order valence-electron chi connectivity index (χ0n) is 20.2. The van der Waals surface area contributed by atoms with Crippen LogP contribution in [-0.4, -0.2) is 41.7 Å². The number of hydrogen-bond donors (Lipinski definition) is 2. The molecular formula is C27H27N3O5S. The van der Waals surface area contributed by atoms with Gasteiger partial charge in [-0.1, -0.05) is 30.3 Å². The first-order valence-electron chi connectivity index (χ1n) is 11.5. The van der Waals surface area contributed by atoms with E-state index < -0.39 is 18.1 Å². The Kier molecular flexibility index (Phi) is 7.80. The molecule has 1 saturated heterocycles. The number of thioether (sulfide) groups is 1. The predicted molar refractivity (Wildman–Crippen MR) is 138 cm³/mol. The van der Waals surface area contributed by atoms with Crippen LogP contribution in [0.15, 0.2) is 77.7 Å². The van der Waals surface area contributed by atoms with Crippen LogP contribution >= 0.6 is 11.8 Å². The Morgan fingerprint density at radius 1 is 1.03 bits per heavy atom. The van der Waals surface area contributed by atoms with Crippen LogP contribution in [0.5, 0.6) is 11.5 Å². The van der Waals surface area contributed by atoms with Crippen molar-refractivity contribution >= 4 is 35.2 Å². The van der Waals surface area contributed by atoms with E-state index in [2.05, 4.69) is 10.7 Å². The maximum Gasteiger partial charge on any atom is 0.285 e. The summed E-state index contributed by atoms with van der Waals surface area (Å²) in [5, 5.41) is 3.97. The number of rotatable bonds is 9. The Labute approximate surface area is 213 Å². The van der Waals surface area contributed by atoms with Crippen molar-refractivity contribution in [2.75, 3.05) is 18.2 Å². The number of anilines is 1. The first-order valence-corrected chi connectivity index (χ1v) is 12.7. The zero-order valence-corrected chi connectivity index (χ0v) is 21.0. The molecule has 36 heavy (non-hydrogen) atoms. The first-order chi connectivity index (χ1) is 17.4. The monoisotopic (exact) mass is 505 g/mol. The summed E-state index contributed by atoms with van der Waals surface area (Å²) in [6.45, 7) is 3.52. The van der Waals surface area contributed by atoms with Crippen molar-refractivity contribution in [1.82, 2.24) is 10.4 Å². The number of hydrazine groups is 1. The van der Waals surface area contributed by atoms with Crippen LogP contribution in [-0.2, 0) is 9.59 Å². The van der Waals surface area contributed by atoms with Crippen molar-refractivity contribution in [3.05, 3.63) is 83.9 Å². The van der Waals surface area contributed by atoms with Crippen LogP contribution in [0, 0.1) is 0 Å². The molecule has 2 unspecified atom stereocenters. The molecule has 8 nitrogen and oxygen atoms in total. The molecule has 3 amide bonds. The van der Waals surface area contributed by atoms with Crippen molar-refractivity contribution in [3.8, 4) is 11.5 Å². The number of para-hydroxylation sites is 1. The number of carbonyl (C=O) groups excluding carboxylic acids is 3. The Morgan fingerprint density at radius 3 is 2.39 bits per heavy atom. The SMILES string of the molecule is CCOc1cc(NC(C)=O)ccc1C(=O)NN1C(=O)C(Oc2ccccc2)C1c1ccc(SC)cc1. The summed E-state index contributed by atoms with van der Waals surface area (Å²) < 4.78 is 11.6. The van der Waals surface area contributed by atoms with E-state index in [1.54, 1.807) is 49.0 Å². The Morgan fingerprint density at radius 2 is 1.75 bits per heavy atom. The molecule has 1 aliphatic heterocycles. The van der Waals surface area contributed by atoms with E-state index in [4.69, 9.17) is 9.47 Å². The number of nitrogens with one attached hydrogen (secondary N) is 2. The van der Waals surface area contributed by atoms with Gasteiger partial charge in [-0.25, -0.2) is 5.01 Å². The molecule has 3 aromatic rings. The van der Waals surface area contributed by atoms with Crippen molar-refractivity contribution in [2.45, 2.75) is 30.9 Å². The second kappa shape index (κ2) is 11.2. The van der Waals surface area contributed by atoms with Gasteiger partial charge in [0.1, 0.15) is 17.5 Å². The number of amides is 3. The highest BCUT2D eigenvalue weighted by Crippen LogP contribution is 2.37. The van der Waals surface area contributed by atoms with Gasteiger partial charge in [-0.05, 0) is 55.1 Å². The molecular weight excluding hydrogens is 478 g/mol. The Hall–Kier alpha value is -3.98. The smallest absolute Gasteiger partial charge is 0.285 e. The number of hydrogen-bond acceptors (Lipinski definition) is 6. The minimum atomic E-state index is -0.790. The lowest BCUT2D eigenvalue weighted by molar-refractivity contribution is -0.169. The number of carbonyl (C=O) groups is 3. The summed E-state index contributed by atoms with van der Waals surface area (Å²) in [4.78, 5) is 38.9. The minimum Gasteiger partial charge on any atom is -0.493 e. The zero-order chi connectivity index (χ0) is 25.7. The first kappa shape index (κ1) is 25.1. The normalized spacial score (nSPS) is 16.6. The number of β-lactam (4-membered cyclic amide) rings is 1. The fraction of sp³-hybridized carbons (Fsp3) is 0.222. The predicted octanol–water partition coefficient (Wildman–Crippen LogP) is 4.44. The van der Waals surface area contributed by atoms with E-state index in [9.17, 15) is 14.4 Å². The van der Waals surface area contributed by atoms with Gasteiger partial charge >= 0.3 is 0 Å². The summed E-state index contributed by atoms with van der Waals surface area (Å²) in [5.74, 6) is -0.239. The summed E-state index contributed by atoms with van der Waals surface area (Å²) in [7, 11) is 0. The molecule has 1 aliphatic rings. The molecule has 1 fully saturated rings. The highest BCUT2D eigenvalue weighted by molar-refractivity contribution is 7.98. The summed E-state index contributed by atoms with van der Waals surface area (Å²) in [5.41, 5.74) is 4.30. The van der Waals surface area contributed by atoms with E-state index in [-0.39, 0.29) is 17.4 Å². The maximum atomic E-state index is 13.2. The van der Waals surface area contributed by atoms with Crippen LogP contribution in [0.1, 0.15) is 35.8 Å². The molecule has 0 bridgehead atoms. The Bertz CT molecular complexity index is 1250. The standard InChI is InChI=1S/C27H27N3O5S/c1-4-34-23-16-19(28-17(2)31)12-15-22(23)26(32)29-30-24(18-10-13-21(36-3)14-11-18)25(27(30)33)35-20-8-6-5-7-9-20/h5-16,24-25H,4H2,1-3H3,(H,28,31)(H,29,32). The third-order valence-corrected chi connectivity index (χ3v) is 6.32. The fourth-order valence-electron chi connectivity index (χ4n) is 3.91. The number of ether oxygens (including phenoxy) is 2. The quantitative estimate of drug-likeness (QED) is 0.330. The van der Waals surface area contributed by atoms with E-state index in [0.29, 0.717) is 23.8 Å². The second-order valence-electron chi connectivity index (χ2n) is 8.04. The van der Waals surface area contributed by atoms with Crippen LogP contribution in [0.2, 0.25) is 0 Å².